The second-order valence-electron chi connectivity index (χ2n) is 7.96. The summed E-state index contributed by atoms with van der Waals surface area (Å²) < 4.78 is 41.8. The second-order valence-corrected chi connectivity index (χ2v) is 10.0. The maximum atomic E-state index is 14.6. The molecule has 2 aromatic rings. The monoisotopic (exact) mass is 402 g/mol. The van der Waals surface area contributed by atoms with Gasteiger partial charge in [0.25, 0.3) is 0 Å². The van der Waals surface area contributed by atoms with E-state index < -0.39 is 10.0 Å². The third-order valence-corrected chi connectivity index (χ3v) is 8.15. The minimum Gasteiger partial charge on any atom is -0.316 e. The van der Waals surface area contributed by atoms with E-state index in [1.807, 2.05) is 31.3 Å². The highest BCUT2D eigenvalue weighted by Gasteiger charge is 2.34. The third kappa shape index (κ3) is 3.86. The Labute approximate surface area is 166 Å². The van der Waals surface area contributed by atoms with Crippen molar-refractivity contribution in [1.29, 1.82) is 0 Å². The van der Waals surface area contributed by atoms with Gasteiger partial charge in [0, 0.05) is 24.1 Å². The highest BCUT2D eigenvalue weighted by Crippen LogP contribution is 2.37. The normalized spacial score (nSPS) is 22.1. The Kier molecular flexibility index (Phi) is 5.54. The number of sulfonamides is 1. The van der Waals surface area contributed by atoms with Crippen molar-refractivity contribution in [2.45, 2.75) is 55.9 Å². The number of nitrogens with one attached hydrogen (secondary N) is 2. The summed E-state index contributed by atoms with van der Waals surface area (Å²) in [6.07, 6.45) is 4.01. The molecule has 0 spiro atoms. The Bertz CT molecular complexity index is 943. The summed E-state index contributed by atoms with van der Waals surface area (Å²) in [4.78, 5) is 0. The van der Waals surface area contributed by atoms with Crippen molar-refractivity contribution >= 4 is 10.0 Å². The first-order valence-corrected chi connectivity index (χ1v) is 11.5. The van der Waals surface area contributed by atoms with Crippen LogP contribution in [0.3, 0.4) is 0 Å². The molecule has 4 rings (SSSR count). The van der Waals surface area contributed by atoms with Crippen LogP contribution in [0.1, 0.15) is 47.4 Å². The number of fused-ring (bicyclic) bond motifs is 1. The van der Waals surface area contributed by atoms with Crippen LogP contribution in [0, 0.1) is 5.82 Å². The first-order valence-electron chi connectivity index (χ1n) is 9.99. The predicted molar refractivity (Wildman–Crippen MR) is 109 cm³/mol. The summed E-state index contributed by atoms with van der Waals surface area (Å²) in [7, 11) is -1.42. The number of hydrogen-bond acceptors (Lipinski definition) is 3. The van der Waals surface area contributed by atoms with E-state index in [2.05, 4.69) is 22.2 Å². The molecule has 2 unspecified atom stereocenters. The zero-order valence-electron chi connectivity index (χ0n) is 16.1. The fourth-order valence-electron chi connectivity index (χ4n) is 4.33. The van der Waals surface area contributed by atoms with E-state index in [-0.39, 0.29) is 29.6 Å². The molecule has 2 atom stereocenters. The topological polar surface area (TPSA) is 58.2 Å². The van der Waals surface area contributed by atoms with Crippen LogP contribution in [0.2, 0.25) is 0 Å². The van der Waals surface area contributed by atoms with Gasteiger partial charge < -0.3 is 5.32 Å². The molecule has 0 aromatic heterocycles. The van der Waals surface area contributed by atoms with Crippen LogP contribution in [0.4, 0.5) is 4.39 Å². The molecule has 2 aromatic carbocycles. The lowest BCUT2D eigenvalue weighted by atomic mass is 9.90. The zero-order valence-corrected chi connectivity index (χ0v) is 16.9. The summed E-state index contributed by atoms with van der Waals surface area (Å²) >= 11 is 0. The quantitative estimate of drug-likeness (QED) is 0.747. The lowest BCUT2D eigenvalue weighted by Crippen LogP contribution is -2.38. The van der Waals surface area contributed by atoms with Crippen LogP contribution < -0.4 is 10.0 Å². The molecular formula is C22H27FN2O2S. The molecule has 0 bridgehead atoms. The van der Waals surface area contributed by atoms with Crippen LogP contribution in [0.5, 0.6) is 0 Å². The van der Waals surface area contributed by atoms with Crippen LogP contribution >= 0.6 is 0 Å². The van der Waals surface area contributed by atoms with Gasteiger partial charge in [-0.25, -0.2) is 17.5 Å². The van der Waals surface area contributed by atoms with Gasteiger partial charge in [0.05, 0.1) is 5.25 Å². The van der Waals surface area contributed by atoms with Crippen molar-refractivity contribution < 1.29 is 12.8 Å². The van der Waals surface area contributed by atoms with Gasteiger partial charge in [-0.2, -0.15) is 0 Å². The summed E-state index contributed by atoms with van der Waals surface area (Å²) in [5.41, 5.74) is 3.82. The molecule has 2 aliphatic carbocycles. The molecule has 6 heteroatoms. The van der Waals surface area contributed by atoms with Gasteiger partial charge in [-0.3, -0.25) is 0 Å². The van der Waals surface area contributed by atoms with Gasteiger partial charge in [-0.1, -0.05) is 42.8 Å². The second kappa shape index (κ2) is 7.93. The molecule has 150 valence electrons. The number of rotatable bonds is 7. The van der Waals surface area contributed by atoms with E-state index in [4.69, 9.17) is 0 Å². The molecule has 0 saturated heterocycles. The molecule has 1 saturated carbocycles. The average Bonchev–Trinajstić information content (AvgIpc) is 2.95. The van der Waals surface area contributed by atoms with Crippen LogP contribution in [-0.4, -0.2) is 26.8 Å². The molecule has 28 heavy (non-hydrogen) atoms. The van der Waals surface area contributed by atoms with E-state index in [0.717, 1.165) is 30.4 Å². The Morgan fingerprint density at radius 3 is 2.54 bits per heavy atom. The standard InChI is InChI=1S/C22H27FN2O2S/c1-24-22-13-16-12-21(23)17(14-25-28(26,27)18-8-5-9-18)11-19(16)20(22)10-15-6-3-2-4-7-15/h2-4,6-7,11-12,18,20,22,24-25H,5,8-10,13-14H2,1H3. The smallest absolute Gasteiger partial charge is 0.214 e. The van der Waals surface area contributed by atoms with Gasteiger partial charge in [-0.15, -0.1) is 0 Å². The summed E-state index contributed by atoms with van der Waals surface area (Å²) in [5.74, 6) is -0.0877. The molecular weight excluding hydrogens is 375 g/mol. The molecule has 2 aliphatic rings. The summed E-state index contributed by atoms with van der Waals surface area (Å²) in [5, 5.41) is 3.06. The van der Waals surface area contributed by atoms with Gasteiger partial charge in [-0.05, 0) is 55.5 Å². The van der Waals surface area contributed by atoms with Crippen molar-refractivity contribution in [1.82, 2.24) is 10.0 Å². The number of hydrogen-bond donors (Lipinski definition) is 2. The van der Waals surface area contributed by atoms with E-state index in [1.54, 1.807) is 6.07 Å². The lowest BCUT2D eigenvalue weighted by molar-refractivity contribution is 0.468. The largest absolute Gasteiger partial charge is 0.316 e. The van der Waals surface area contributed by atoms with Crippen molar-refractivity contribution in [3.05, 3.63) is 70.5 Å². The molecule has 0 aliphatic heterocycles. The first-order chi connectivity index (χ1) is 13.5. The summed E-state index contributed by atoms with van der Waals surface area (Å²) in [6, 6.07) is 14.0. The van der Waals surface area contributed by atoms with Gasteiger partial charge in [0.15, 0.2) is 0 Å². The number of halogens is 1. The van der Waals surface area contributed by atoms with Crippen molar-refractivity contribution in [2.75, 3.05) is 7.05 Å². The Hall–Kier alpha value is -1.76. The number of benzene rings is 2. The van der Waals surface area contributed by atoms with Crippen molar-refractivity contribution in [3.63, 3.8) is 0 Å². The third-order valence-electron chi connectivity index (χ3n) is 6.26. The van der Waals surface area contributed by atoms with Crippen LogP contribution in [-0.2, 0) is 29.4 Å². The molecule has 0 radical (unpaired) electrons. The zero-order chi connectivity index (χ0) is 19.7. The van der Waals surface area contributed by atoms with Crippen molar-refractivity contribution in [2.24, 2.45) is 0 Å². The first kappa shape index (κ1) is 19.6. The van der Waals surface area contributed by atoms with Gasteiger partial charge in [0.1, 0.15) is 5.82 Å². The molecule has 0 amide bonds. The Morgan fingerprint density at radius 1 is 1.14 bits per heavy atom. The number of likely N-dealkylation sites (N-methyl/N-ethyl adjacent to an activating group) is 1. The molecule has 2 N–H and O–H groups in total. The minimum atomic E-state index is -3.36. The van der Waals surface area contributed by atoms with Crippen LogP contribution in [0.25, 0.3) is 0 Å². The Morgan fingerprint density at radius 2 is 1.89 bits per heavy atom. The van der Waals surface area contributed by atoms with E-state index in [9.17, 15) is 12.8 Å². The lowest BCUT2D eigenvalue weighted by Gasteiger charge is -2.25. The fraction of sp³-hybridized carbons (Fsp3) is 0.455. The highest BCUT2D eigenvalue weighted by molar-refractivity contribution is 7.90. The van der Waals surface area contributed by atoms with Gasteiger partial charge >= 0.3 is 0 Å². The fourth-order valence-corrected chi connectivity index (χ4v) is 5.88. The van der Waals surface area contributed by atoms with Crippen LogP contribution in [0.15, 0.2) is 42.5 Å². The molecule has 4 nitrogen and oxygen atoms in total. The van der Waals surface area contributed by atoms with E-state index in [1.165, 1.54) is 5.56 Å². The van der Waals surface area contributed by atoms with Gasteiger partial charge in [0.2, 0.25) is 10.0 Å². The Balaban J connectivity index is 1.57. The molecule has 1 fully saturated rings. The predicted octanol–water partition coefficient (Wildman–Crippen LogP) is 3.27. The minimum absolute atomic E-state index is 0.0141. The average molecular weight is 403 g/mol. The van der Waals surface area contributed by atoms with Crippen molar-refractivity contribution in [3.8, 4) is 0 Å². The molecule has 0 heterocycles. The maximum absolute atomic E-state index is 14.6. The highest BCUT2D eigenvalue weighted by atomic mass is 32.2. The van der Waals surface area contributed by atoms with E-state index in [0.29, 0.717) is 18.4 Å². The van der Waals surface area contributed by atoms with E-state index >= 15 is 0 Å². The summed E-state index contributed by atoms with van der Waals surface area (Å²) in [6.45, 7) is 0.0141. The SMILES string of the molecule is CNC1Cc2cc(F)c(CNS(=O)(=O)C3CCC3)cc2C1Cc1ccccc1. The maximum Gasteiger partial charge on any atom is 0.214 e.